The highest BCUT2D eigenvalue weighted by Crippen LogP contribution is 2.26. The summed E-state index contributed by atoms with van der Waals surface area (Å²) in [5.74, 6) is 0. The first-order valence-corrected chi connectivity index (χ1v) is 7.88. The molecule has 0 bridgehead atoms. The van der Waals surface area contributed by atoms with Crippen molar-refractivity contribution < 1.29 is 0 Å². The summed E-state index contributed by atoms with van der Waals surface area (Å²) < 4.78 is 1.22. The molecule has 2 nitrogen and oxygen atoms in total. The lowest BCUT2D eigenvalue weighted by molar-refractivity contribution is 0.0876. The number of nitrogens with one attached hydrogen (secondary N) is 1. The van der Waals surface area contributed by atoms with Gasteiger partial charge in [0.2, 0.25) is 0 Å². The van der Waals surface area contributed by atoms with E-state index in [1.54, 1.807) is 0 Å². The molecule has 1 aromatic carbocycles. The molecule has 0 saturated carbocycles. The predicted octanol–water partition coefficient (Wildman–Crippen LogP) is 3.66. The van der Waals surface area contributed by atoms with Gasteiger partial charge in [-0.2, -0.15) is 0 Å². The molecule has 106 valence electrons. The van der Waals surface area contributed by atoms with Gasteiger partial charge < -0.3 is 5.32 Å². The first-order valence-electron chi connectivity index (χ1n) is 7.09. The second-order valence-corrected chi connectivity index (χ2v) is 7.55. The Labute approximate surface area is 125 Å². The summed E-state index contributed by atoms with van der Waals surface area (Å²) in [4.78, 5) is 2.59. The molecule has 0 radical (unpaired) electrons. The Kier molecular flexibility index (Phi) is 4.70. The molecule has 3 heteroatoms. The summed E-state index contributed by atoms with van der Waals surface area (Å²) in [5.41, 5.74) is 1.69. The van der Waals surface area contributed by atoms with Crippen LogP contribution in [0, 0.1) is 5.41 Å². The molecule has 0 aliphatic carbocycles. The predicted molar refractivity (Wildman–Crippen MR) is 85.3 cm³/mol. The molecule has 2 rings (SSSR count). The van der Waals surface area contributed by atoms with Crippen molar-refractivity contribution >= 4 is 15.9 Å². The minimum Gasteiger partial charge on any atom is -0.311 e. The zero-order valence-corrected chi connectivity index (χ0v) is 14.0. The maximum atomic E-state index is 3.69. The summed E-state index contributed by atoms with van der Waals surface area (Å²) in [7, 11) is 0. The number of hydrogen-bond donors (Lipinski definition) is 1. The van der Waals surface area contributed by atoms with E-state index in [2.05, 4.69) is 78.1 Å². The quantitative estimate of drug-likeness (QED) is 0.893. The van der Waals surface area contributed by atoms with Gasteiger partial charge in [0, 0.05) is 36.2 Å². The Balaban J connectivity index is 2.08. The van der Waals surface area contributed by atoms with Crippen LogP contribution in [-0.4, -0.2) is 30.1 Å². The van der Waals surface area contributed by atoms with Gasteiger partial charge in [0.15, 0.2) is 0 Å². The highest BCUT2D eigenvalue weighted by molar-refractivity contribution is 9.10. The van der Waals surface area contributed by atoms with E-state index in [0.29, 0.717) is 17.5 Å². The van der Waals surface area contributed by atoms with Crippen LogP contribution in [0.15, 0.2) is 28.7 Å². The normalized spacial score (nSPS) is 25.5. The van der Waals surface area contributed by atoms with Crippen LogP contribution in [0.25, 0.3) is 0 Å². The molecule has 1 saturated heterocycles. The third-order valence-corrected chi connectivity index (χ3v) is 4.85. The number of piperazine rings is 1. The maximum Gasteiger partial charge on any atom is 0.0248 e. The number of hydrogen-bond acceptors (Lipinski definition) is 2. The molecule has 1 aromatic rings. The first-order chi connectivity index (χ1) is 8.88. The topological polar surface area (TPSA) is 15.3 Å². The van der Waals surface area contributed by atoms with Gasteiger partial charge in [-0.1, -0.05) is 54.9 Å². The molecule has 2 unspecified atom stereocenters. The monoisotopic (exact) mass is 324 g/mol. The maximum absolute atomic E-state index is 3.69. The number of benzene rings is 1. The molecule has 0 spiro atoms. The van der Waals surface area contributed by atoms with E-state index in [-0.39, 0.29) is 0 Å². The Hall–Kier alpha value is -0.380. The number of nitrogens with zero attached hydrogens (tertiary/aromatic N) is 1. The molecular formula is C16H25BrN2. The van der Waals surface area contributed by atoms with Crippen LogP contribution >= 0.6 is 15.9 Å². The summed E-state index contributed by atoms with van der Waals surface area (Å²) in [6, 6.07) is 9.69. The highest BCUT2D eigenvalue weighted by atomic mass is 79.9. The largest absolute Gasteiger partial charge is 0.311 e. The van der Waals surface area contributed by atoms with Gasteiger partial charge in [-0.25, -0.2) is 0 Å². The Bertz CT molecular complexity index is 425. The second kappa shape index (κ2) is 5.94. The summed E-state index contributed by atoms with van der Waals surface area (Å²) in [6.45, 7) is 12.5. The molecule has 1 fully saturated rings. The van der Waals surface area contributed by atoms with Crippen molar-refractivity contribution in [2.75, 3.05) is 13.1 Å². The molecule has 1 aliphatic rings. The van der Waals surface area contributed by atoms with E-state index in [1.165, 1.54) is 10.0 Å². The fourth-order valence-corrected chi connectivity index (χ4v) is 2.98. The van der Waals surface area contributed by atoms with Crippen molar-refractivity contribution in [2.45, 2.75) is 46.3 Å². The molecule has 1 N–H and O–H groups in total. The molecule has 19 heavy (non-hydrogen) atoms. The van der Waals surface area contributed by atoms with Crippen molar-refractivity contribution in [3.63, 3.8) is 0 Å². The van der Waals surface area contributed by atoms with Crippen LogP contribution in [0.3, 0.4) is 0 Å². The van der Waals surface area contributed by atoms with Gasteiger partial charge in [-0.15, -0.1) is 0 Å². The van der Waals surface area contributed by atoms with Crippen molar-refractivity contribution in [1.29, 1.82) is 0 Å². The van der Waals surface area contributed by atoms with Gasteiger partial charge in [0.05, 0.1) is 0 Å². The SMILES string of the molecule is CC1CNC(C(C)(C)C)CN1Cc1ccccc1Br. The standard InChI is InChI=1S/C16H25BrN2/c1-12-9-18-15(16(2,3)4)11-19(12)10-13-7-5-6-8-14(13)17/h5-8,12,15,18H,9-11H2,1-4H3. The lowest BCUT2D eigenvalue weighted by Gasteiger charge is -2.44. The van der Waals surface area contributed by atoms with Crippen molar-refractivity contribution in [2.24, 2.45) is 5.41 Å². The average Bonchev–Trinajstić information content (AvgIpc) is 2.33. The molecular weight excluding hydrogens is 300 g/mol. The Morgan fingerprint density at radius 2 is 2.00 bits per heavy atom. The fourth-order valence-electron chi connectivity index (χ4n) is 2.57. The van der Waals surface area contributed by atoms with Gasteiger partial charge in [0.25, 0.3) is 0 Å². The van der Waals surface area contributed by atoms with Crippen LogP contribution < -0.4 is 5.32 Å². The van der Waals surface area contributed by atoms with Gasteiger partial charge >= 0.3 is 0 Å². The minimum atomic E-state index is 0.312. The lowest BCUT2D eigenvalue weighted by Crippen LogP contribution is -2.59. The van der Waals surface area contributed by atoms with Crippen molar-refractivity contribution in [3.8, 4) is 0 Å². The van der Waals surface area contributed by atoms with E-state index in [9.17, 15) is 0 Å². The third-order valence-electron chi connectivity index (χ3n) is 4.08. The molecule has 0 aromatic heterocycles. The Morgan fingerprint density at radius 1 is 1.32 bits per heavy atom. The second-order valence-electron chi connectivity index (χ2n) is 6.70. The Morgan fingerprint density at radius 3 is 2.63 bits per heavy atom. The highest BCUT2D eigenvalue weighted by Gasteiger charge is 2.32. The number of rotatable bonds is 2. The zero-order valence-electron chi connectivity index (χ0n) is 12.4. The third kappa shape index (κ3) is 3.80. The van der Waals surface area contributed by atoms with Crippen molar-refractivity contribution in [3.05, 3.63) is 34.3 Å². The number of halogens is 1. The minimum absolute atomic E-state index is 0.312. The van der Waals surface area contributed by atoms with Crippen LogP contribution in [-0.2, 0) is 6.54 Å². The summed E-state index contributed by atoms with van der Waals surface area (Å²) in [6.07, 6.45) is 0. The molecule has 1 aliphatic heterocycles. The van der Waals surface area contributed by atoms with E-state index in [1.807, 2.05) is 0 Å². The van der Waals surface area contributed by atoms with Gasteiger partial charge in [0.1, 0.15) is 0 Å². The van der Waals surface area contributed by atoms with Crippen LogP contribution in [0.2, 0.25) is 0 Å². The molecule has 2 atom stereocenters. The first kappa shape index (κ1) is 15.0. The summed E-state index contributed by atoms with van der Waals surface area (Å²) >= 11 is 3.66. The van der Waals surface area contributed by atoms with Crippen LogP contribution in [0.4, 0.5) is 0 Å². The lowest BCUT2D eigenvalue weighted by atomic mass is 9.84. The fraction of sp³-hybridized carbons (Fsp3) is 0.625. The molecule has 0 amide bonds. The van der Waals surface area contributed by atoms with Crippen LogP contribution in [0.1, 0.15) is 33.3 Å². The zero-order chi connectivity index (χ0) is 14.0. The van der Waals surface area contributed by atoms with Crippen molar-refractivity contribution in [1.82, 2.24) is 10.2 Å². The summed E-state index contributed by atoms with van der Waals surface area (Å²) in [5, 5.41) is 3.69. The van der Waals surface area contributed by atoms with Crippen LogP contribution in [0.5, 0.6) is 0 Å². The molecule has 1 heterocycles. The van der Waals surface area contributed by atoms with E-state index in [0.717, 1.165) is 19.6 Å². The van der Waals surface area contributed by atoms with Gasteiger partial charge in [-0.3, -0.25) is 4.90 Å². The van der Waals surface area contributed by atoms with Gasteiger partial charge in [-0.05, 0) is 24.0 Å². The van der Waals surface area contributed by atoms with E-state index >= 15 is 0 Å². The smallest absolute Gasteiger partial charge is 0.0248 e. The van der Waals surface area contributed by atoms with E-state index in [4.69, 9.17) is 0 Å². The van der Waals surface area contributed by atoms with E-state index < -0.39 is 0 Å². The average molecular weight is 325 g/mol.